The highest BCUT2D eigenvalue weighted by Crippen LogP contribution is 2.20. The number of hydrogen-bond donors (Lipinski definition) is 1. The lowest BCUT2D eigenvalue weighted by Crippen LogP contribution is -1.98. The Morgan fingerprint density at radius 3 is 2.84 bits per heavy atom. The molecular formula is C13H12FN3OS. The molecule has 2 heterocycles. The van der Waals surface area contributed by atoms with E-state index in [4.69, 9.17) is 16.7 Å². The van der Waals surface area contributed by atoms with Gasteiger partial charge in [0.05, 0.1) is 23.3 Å². The van der Waals surface area contributed by atoms with E-state index in [0.717, 1.165) is 17.0 Å². The van der Waals surface area contributed by atoms with Gasteiger partial charge in [-0.3, -0.25) is 0 Å². The number of aromatic amines is 1. The molecule has 0 bridgehead atoms. The van der Waals surface area contributed by atoms with Gasteiger partial charge in [0, 0.05) is 6.07 Å². The van der Waals surface area contributed by atoms with E-state index >= 15 is 0 Å². The fraction of sp³-hybridized carbons (Fsp3) is 0.231. The summed E-state index contributed by atoms with van der Waals surface area (Å²) in [6, 6.07) is 5.10. The van der Waals surface area contributed by atoms with E-state index in [0.29, 0.717) is 22.4 Å². The maximum absolute atomic E-state index is 13.5. The van der Waals surface area contributed by atoms with Gasteiger partial charge in [0.25, 0.3) is 0 Å². The summed E-state index contributed by atoms with van der Waals surface area (Å²) in [4.78, 5) is 3.00. The molecule has 0 aliphatic carbocycles. The topological polar surface area (TPSA) is 46.8 Å². The molecule has 98 valence electrons. The van der Waals surface area contributed by atoms with Crippen LogP contribution in [0.15, 0.2) is 22.7 Å². The van der Waals surface area contributed by atoms with E-state index in [9.17, 15) is 4.39 Å². The summed E-state index contributed by atoms with van der Waals surface area (Å²) in [5, 5.41) is 3.85. The number of nitrogens with one attached hydrogen (secondary N) is 1. The van der Waals surface area contributed by atoms with Crippen LogP contribution in [0.4, 0.5) is 4.39 Å². The molecule has 0 spiro atoms. The van der Waals surface area contributed by atoms with Crippen LogP contribution in [0.3, 0.4) is 0 Å². The Morgan fingerprint density at radius 1 is 1.37 bits per heavy atom. The van der Waals surface area contributed by atoms with Crippen molar-refractivity contribution < 1.29 is 8.91 Å². The number of aromatic nitrogens is 3. The smallest absolute Gasteiger partial charge is 0.178 e. The number of H-pyrrole nitrogens is 1. The van der Waals surface area contributed by atoms with Crippen LogP contribution in [0.2, 0.25) is 0 Å². The molecule has 0 amide bonds. The van der Waals surface area contributed by atoms with Gasteiger partial charge in [-0.2, -0.15) is 0 Å². The van der Waals surface area contributed by atoms with Crippen molar-refractivity contribution in [2.75, 3.05) is 0 Å². The van der Waals surface area contributed by atoms with Crippen LogP contribution in [0, 0.1) is 24.4 Å². The molecule has 0 saturated carbocycles. The molecule has 3 rings (SSSR count). The Morgan fingerprint density at radius 2 is 2.16 bits per heavy atom. The Kier molecular flexibility index (Phi) is 2.74. The van der Waals surface area contributed by atoms with E-state index in [-0.39, 0.29) is 5.82 Å². The average Bonchev–Trinajstić information content (AvgIpc) is 2.87. The molecule has 3 aromatic rings. The molecule has 0 fully saturated rings. The first-order chi connectivity index (χ1) is 9.04. The maximum atomic E-state index is 13.5. The Hall–Kier alpha value is -1.95. The van der Waals surface area contributed by atoms with E-state index in [1.807, 2.05) is 17.6 Å². The highest BCUT2D eigenvalue weighted by molar-refractivity contribution is 7.71. The molecule has 19 heavy (non-hydrogen) atoms. The van der Waals surface area contributed by atoms with Gasteiger partial charge in [-0.15, -0.1) is 0 Å². The molecule has 0 saturated heterocycles. The van der Waals surface area contributed by atoms with E-state index in [1.165, 1.54) is 6.07 Å². The third-order valence-electron chi connectivity index (χ3n) is 3.05. The van der Waals surface area contributed by atoms with Gasteiger partial charge < -0.3 is 14.1 Å². The number of nitrogens with zero attached hydrogens (tertiary/aromatic N) is 2. The van der Waals surface area contributed by atoms with Crippen molar-refractivity contribution in [1.82, 2.24) is 14.7 Å². The van der Waals surface area contributed by atoms with Crippen molar-refractivity contribution in [3.05, 3.63) is 45.8 Å². The second kappa shape index (κ2) is 4.31. The zero-order valence-electron chi connectivity index (χ0n) is 10.5. The molecule has 0 unspecified atom stereocenters. The molecule has 0 radical (unpaired) electrons. The first kappa shape index (κ1) is 12.1. The van der Waals surface area contributed by atoms with Crippen molar-refractivity contribution >= 4 is 23.3 Å². The lowest BCUT2D eigenvalue weighted by molar-refractivity contribution is 0.373. The van der Waals surface area contributed by atoms with Crippen LogP contribution in [-0.4, -0.2) is 14.7 Å². The van der Waals surface area contributed by atoms with Crippen molar-refractivity contribution in [2.24, 2.45) is 0 Å². The van der Waals surface area contributed by atoms with Crippen LogP contribution >= 0.6 is 12.2 Å². The number of hydrogen-bond acceptors (Lipinski definition) is 3. The molecule has 1 aromatic carbocycles. The van der Waals surface area contributed by atoms with Gasteiger partial charge in [0.1, 0.15) is 5.82 Å². The normalized spacial score (nSPS) is 11.3. The quantitative estimate of drug-likeness (QED) is 0.729. The predicted molar refractivity (Wildman–Crippen MR) is 72.2 cm³/mol. The van der Waals surface area contributed by atoms with Crippen molar-refractivity contribution in [3.8, 4) is 0 Å². The minimum absolute atomic E-state index is 0.244. The van der Waals surface area contributed by atoms with Gasteiger partial charge in [-0.25, -0.2) is 4.39 Å². The Labute approximate surface area is 113 Å². The summed E-state index contributed by atoms with van der Waals surface area (Å²) < 4.78 is 21.1. The number of fused-ring (bicyclic) bond motifs is 1. The van der Waals surface area contributed by atoms with Gasteiger partial charge >= 0.3 is 0 Å². The lowest BCUT2D eigenvalue weighted by atomic mass is 10.2. The molecule has 0 aliphatic rings. The molecular weight excluding hydrogens is 265 g/mol. The number of imidazole rings is 1. The number of halogens is 1. The minimum Gasteiger partial charge on any atom is -0.359 e. The zero-order chi connectivity index (χ0) is 13.6. The largest absolute Gasteiger partial charge is 0.359 e. The van der Waals surface area contributed by atoms with Crippen LogP contribution in [-0.2, 0) is 6.54 Å². The summed E-state index contributed by atoms with van der Waals surface area (Å²) >= 11 is 5.27. The molecule has 0 atom stereocenters. The summed E-state index contributed by atoms with van der Waals surface area (Å²) in [6.07, 6.45) is 0. The van der Waals surface area contributed by atoms with Crippen LogP contribution in [0.5, 0.6) is 0 Å². The van der Waals surface area contributed by atoms with Crippen molar-refractivity contribution in [1.29, 1.82) is 0 Å². The Balaban J connectivity index is 2.15. The first-order valence-corrected chi connectivity index (χ1v) is 6.26. The standard InChI is InChI=1S/C13H12FN3OS/c1-7-3-12-11(5-10(7)14)15-13(19)17(12)6-9-4-8(2)16-18-9/h3-5H,6H2,1-2H3,(H,15,19). The Bertz CT molecular complexity index is 815. The molecule has 0 aliphatic heterocycles. The minimum atomic E-state index is -0.244. The third kappa shape index (κ3) is 2.08. The SMILES string of the molecule is Cc1cc(Cn2c(=S)[nH]c3cc(F)c(C)cc32)on1. The van der Waals surface area contributed by atoms with Gasteiger partial charge in [-0.05, 0) is 43.8 Å². The van der Waals surface area contributed by atoms with E-state index in [2.05, 4.69) is 10.1 Å². The predicted octanol–water partition coefficient (Wildman–Crippen LogP) is 3.49. The van der Waals surface area contributed by atoms with E-state index in [1.54, 1.807) is 13.0 Å². The number of benzene rings is 1. The number of rotatable bonds is 2. The summed E-state index contributed by atoms with van der Waals surface area (Å²) in [5.41, 5.74) is 2.95. The highest BCUT2D eigenvalue weighted by Gasteiger charge is 2.10. The van der Waals surface area contributed by atoms with Gasteiger partial charge in [0.2, 0.25) is 0 Å². The van der Waals surface area contributed by atoms with Crippen molar-refractivity contribution in [3.63, 3.8) is 0 Å². The highest BCUT2D eigenvalue weighted by atomic mass is 32.1. The zero-order valence-corrected chi connectivity index (χ0v) is 11.3. The average molecular weight is 277 g/mol. The van der Waals surface area contributed by atoms with Crippen LogP contribution < -0.4 is 0 Å². The summed E-state index contributed by atoms with van der Waals surface area (Å²) in [6.45, 7) is 4.07. The summed E-state index contributed by atoms with van der Waals surface area (Å²) in [7, 11) is 0. The fourth-order valence-electron chi connectivity index (χ4n) is 2.09. The van der Waals surface area contributed by atoms with E-state index < -0.39 is 0 Å². The first-order valence-electron chi connectivity index (χ1n) is 5.85. The molecule has 2 aromatic heterocycles. The third-order valence-corrected chi connectivity index (χ3v) is 3.37. The van der Waals surface area contributed by atoms with Crippen LogP contribution in [0.25, 0.3) is 11.0 Å². The second-order valence-corrected chi connectivity index (χ2v) is 4.96. The summed E-state index contributed by atoms with van der Waals surface area (Å²) in [5.74, 6) is 0.475. The fourth-order valence-corrected chi connectivity index (χ4v) is 2.36. The molecule has 4 nitrogen and oxygen atoms in total. The molecule has 1 N–H and O–H groups in total. The monoisotopic (exact) mass is 277 g/mol. The van der Waals surface area contributed by atoms with Gasteiger partial charge in [-0.1, -0.05) is 5.16 Å². The van der Waals surface area contributed by atoms with Crippen molar-refractivity contribution in [2.45, 2.75) is 20.4 Å². The maximum Gasteiger partial charge on any atom is 0.178 e. The molecule has 6 heteroatoms. The lowest BCUT2D eigenvalue weighted by Gasteiger charge is -2.02. The van der Waals surface area contributed by atoms with Gasteiger partial charge in [0.15, 0.2) is 10.5 Å². The second-order valence-electron chi connectivity index (χ2n) is 4.57. The van der Waals surface area contributed by atoms with Crippen LogP contribution in [0.1, 0.15) is 17.0 Å². The number of aryl methyl sites for hydroxylation is 2.